The number of methoxy groups -OCH3 is 2. The highest BCUT2D eigenvalue weighted by atomic mass is 35.5. The minimum Gasteiger partial charge on any atom is -0.495 e. The highest BCUT2D eigenvalue weighted by Crippen LogP contribution is 2.40. The molecule has 1 N–H and O–H groups in total. The number of benzene rings is 2. The minimum atomic E-state index is -1.45. The Morgan fingerprint density at radius 2 is 1.70 bits per heavy atom. The first-order valence-corrected chi connectivity index (χ1v) is 10.7. The van der Waals surface area contributed by atoms with Gasteiger partial charge in [-0.05, 0) is 32.9 Å². The highest BCUT2D eigenvalue weighted by molar-refractivity contribution is 6.34. The lowest BCUT2D eigenvalue weighted by atomic mass is 10.2. The lowest BCUT2D eigenvalue weighted by molar-refractivity contribution is -0.126. The number of nitrogens with one attached hydrogen (secondary N) is 1. The summed E-state index contributed by atoms with van der Waals surface area (Å²) in [6.45, 7) is 5.64. The van der Waals surface area contributed by atoms with Crippen LogP contribution in [0.3, 0.4) is 0 Å². The van der Waals surface area contributed by atoms with E-state index in [0.717, 1.165) is 0 Å². The zero-order valence-electron chi connectivity index (χ0n) is 18.9. The second-order valence-electron chi connectivity index (χ2n) is 6.50. The van der Waals surface area contributed by atoms with E-state index in [1.807, 2.05) is 6.92 Å². The van der Waals surface area contributed by atoms with Crippen molar-refractivity contribution in [2.75, 3.05) is 32.8 Å². The highest BCUT2D eigenvalue weighted by Gasteiger charge is 2.25. The summed E-state index contributed by atoms with van der Waals surface area (Å²) in [6, 6.07) is 4.81. The van der Waals surface area contributed by atoms with Crippen molar-refractivity contribution in [1.29, 1.82) is 0 Å². The van der Waals surface area contributed by atoms with Crippen LogP contribution in [0.5, 0.6) is 23.0 Å². The molecule has 0 aromatic heterocycles. The Balaban J connectivity index is 2.36. The number of ketones is 1. The summed E-state index contributed by atoms with van der Waals surface area (Å²) in [5, 5.41) is 10.9. The van der Waals surface area contributed by atoms with E-state index in [0.29, 0.717) is 30.5 Å². The first-order chi connectivity index (χ1) is 15.8. The molecule has 0 heterocycles. The number of carbonyl (C=O) groups excluding carboxylic acids is 2. The Bertz CT molecular complexity index is 1050. The first kappa shape index (κ1) is 26.2. The number of hydrogen-bond acceptors (Lipinski definition) is 8. The SMILES string of the molecule is CCOc1cc(N=NC(C(C)=O)C(=O)Nc2ccc(OC)c(Cl)c2OC)c(Cl)c(OCC)c1. The van der Waals surface area contributed by atoms with Gasteiger partial charge in [-0.1, -0.05) is 23.2 Å². The van der Waals surface area contributed by atoms with Crippen molar-refractivity contribution in [3.05, 3.63) is 34.3 Å². The van der Waals surface area contributed by atoms with Crippen molar-refractivity contribution in [1.82, 2.24) is 0 Å². The molecular formula is C22H25Cl2N3O6. The van der Waals surface area contributed by atoms with E-state index >= 15 is 0 Å². The van der Waals surface area contributed by atoms with Crippen molar-refractivity contribution in [3.63, 3.8) is 0 Å². The smallest absolute Gasteiger partial charge is 0.258 e. The maximum atomic E-state index is 12.8. The molecule has 0 aliphatic rings. The van der Waals surface area contributed by atoms with Crippen molar-refractivity contribution in [3.8, 4) is 23.0 Å². The molecule has 0 saturated heterocycles. The molecule has 2 aromatic carbocycles. The average Bonchev–Trinajstić information content (AvgIpc) is 2.77. The number of azo groups is 1. The summed E-state index contributed by atoms with van der Waals surface area (Å²) in [5.74, 6) is 0.0896. The quantitative estimate of drug-likeness (QED) is 0.324. The molecular weight excluding hydrogens is 473 g/mol. The number of hydrogen-bond donors (Lipinski definition) is 1. The van der Waals surface area contributed by atoms with Gasteiger partial charge in [0.15, 0.2) is 11.5 Å². The zero-order chi connectivity index (χ0) is 24.5. The molecule has 1 amide bonds. The Morgan fingerprint density at radius 3 is 2.27 bits per heavy atom. The maximum Gasteiger partial charge on any atom is 0.258 e. The molecule has 0 aliphatic heterocycles. The molecule has 33 heavy (non-hydrogen) atoms. The van der Waals surface area contributed by atoms with E-state index in [1.165, 1.54) is 27.2 Å². The van der Waals surface area contributed by atoms with Gasteiger partial charge in [0.1, 0.15) is 33.0 Å². The van der Waals surface area contributed by atoms with Crippen LogP contribution in [0.1, 0.15) is 20.8 Å². The molecule has 11 heteroatoms. The van der Waals surface area contributed by atoms with Crippen molar-refractivity contribution in [2.24, 2.45) is 10.2 Å². The monoisotopic (exact) mass is 497 g/mol. The third kappa shape index (κ3) is 6.49. The van der Waals surface area contributed by atoms with Crippen LogP contribution in [-0.2, 0) is 9.59 Å². The van der Waals surface area contributed by atoms with Gasteiger partial charge >= 0.3 is 0 Å². The lowest BCUT2D eigenvalue weighted by Crippen LogP contribution is -2.32. The van der Waals surface area contributed by atoms with Gasteiger partial charge < -0.3 is 24.3 Å². The summed E-state index contributed by atoms with van der Waals surface area (Å²) in [7, 11) is 2.84. The molecule has 0 bridgehead atoms. The summed E-state index contributed by atoms with van der Waals surface area (Å²) >= 11 is 12.6. The first-order valence-electron chi connectivity index (χ1n) is 9.99. The largest absolute Gasteiger partial charge is 0.495 e. The standard InChI is InChI=1S/C22H25Cl2N3O6/c1-6-32-13-10-15(18(23)17(11-13)33-7-2)26-27-20(12(3)28)22(29)25-14-8-9-16(30-4)19(24)21(14)31-5/h8-11,20H,6-7H2,1-5H3,(H,25,29). The number of rotatable bonds is 11. The predicted molar refractivity (Wildman–Crippen MR) is 126 cm³/mol. The van der Waals surface area contributed by atoms with E-state index in [4.69, 9.17) is 42.1 Å². The van der Waals surface area contributed by atoms with E-state index in [9.17, 15) is 9.59 Å². The normalized spacial score (nSPS) is 11.7. The molecule has 2 aromatic rings. The minimum absolute atomic E-state index is 0.168. The number of halogens is 2. The zero-order valence-corrected chi connectivity index (χ0v) is 20.4. The van der Waals surface area contributed by atoms with Crippen LogP contribution in [0.2, 0.25) is 10.0 Å². The number of amides is 1. The van der Waals surface area contributed by atoms with Crippen LogP contribution < -0.4 is 24.3 Å². The van der Waals surface area contributed by atoms with Gasteiger partial charge in [0.05, 0.1) is 33.1 Å². The summed E-state index contributed by atoms with van der Waals surface area (Å²) in [4.78, 5) is 25.0. The van der Waals surface area contributed by atoms with Crippen LogP contribution >= 0.6 is 23.2 Å². The number of ether oxygens (including phenoxy) is 4. The number of Topliss-reactive ketones (excluding diaryl/α,β-unsaturated/α-hetero) is 1. The molecule has 0 saturated carbocycles. The third-order valence-electron chi connectivity index (χ3n) is 4.26. The van der Waals surface area contributed by atoms with Crippen molar-refractivity contribution >= 4 is 46.3 Å². The van der Waals surface area contributed by atoms with Gasteiger partial charge in [-0.25, -0.2) is 0 Å². The van der Waals surface area contributed by atoms with E-state index < -0.39 is 17.7 Å². The number of carbonyl (C=O) groups is 2. The Hall–Kier alpha value is -3.04. The molecule has 0 aliphatic carbocycles. The summed E-state index contributed by atoms with van der Waals surface area (Å²) in [5.41, 5.74) is 0.431. The van der Waals surface area contributed by atoms with Gasteiger partial charge in [-0.3, -0.25) is 9.59 Å². The summed E-state index contributed by atoms with van der Waals surface area (Å²) < 4.78 is 21.4. The molecule has 0 spiro atoms. The van der Waals surface area contributed by atoms with Gasteiger partial charge in [-0.15, -0.1) is 0 Å². The topological polar surface area (TPSA) is 108 Å². The van der Waals surface area contributed by atoms with E-state index in [1.54, 1.807) is 25.1 Å². The van der Waals surface area contributed by atoms with Gasteiger partial charge in [0.25, 0.3) is 5.91 Å². The Labute approximate surface area is 202 Å². The molecule has 9 nitrogen and oxygen atoms in total. The molecule has 178 valence electrons. The lowest BCUT2D eigenvalue weighted by Gasteiger charge is -2.15. The fourth-order valence-electron chi connectivity index (χ4n) is 2.77. The second-order valence-corrected chi connectivity index (χ2v) is 7.26. The van der Waals surface area contributed by atoms with Crippen molar-refractivity contribution < 1.29 is 28.5 Å². The van der Waals surface area contributed by atoms with Crippen LogP contribution in [0.4, 0.5) is 11.4 Å². The predicted octanol–water partition coefficient (Wildman–Crippen LogP) is 5.49. The van der Waals surface area contributed by atoms with Gasteiger partial charge in [-0.2, -0.15) is 10.2 Å². The Kier molecular flexibility index (Phi) is 9.74. The average molecular weight is 498 g/mol. The van der Waals surface area contributed by atoms with Crippen LogP contribution in [0.15, 0.2) is 34.5 Å². The van der Waals surface area contributed by atoms with Crippen LogP contribution in [0, 0.1) is 0 Å². The molecule has 1 atom stereocenters. The number of anilines is 1. The molecule has 0 fully saturated rings. The van der Waals surface area contributed by atoms with Crippen molar-refractivity contribution in [2.45, 2.75) is 26.8 Å². The van der Waals surface area contributed by atoms with E-state index in [2.05, 4.69) is 15.5 Å². The molecule has 2 rings (SSSR count). The number of nitrogens with zero attached hydrogens (tertiary/aromatic N) is 2. The molecule has 1 unspecified atom stereocenters. The Morgan fingerprint density at radius 1 is 1.00 bits per heavy atom. The fraction of sp³-hybridized carbons (Fsp3) is 0.364. The van der Waals surface area contributed by atoms with Gasteiger partial charge in [0.2, 0.25) is 6.04 Å². The third-order valence-corrected chi connectivity index (χ3v) is 5.00. The molecule has 0 radical (unpaired) electrons. The van der Waals surface area contributed by atoms with Gasteiger partial charge in [0, 0.05) is 12.1 Å². The second kappa shape index (κ2) is 12.3. The van der Waals surface area contributed by atoms with Crippen LogP contribution in [0.25, 0.3) is 0 Å². The maximum absolute atomic E-state index is 12.8. The summed E-state index contributed by atoms with van der Waals surface area (Å²) in [6.07, 6.45) is 0. The fourth-order valence-corrected chi connectivity index (χ4v) is 3.30. The van der Waals surface area contributed by atoms with E-state index in [-0.39, 0.29) is 27.2 Å². The van der Waals surface area contributed by atoms with Crippen LogP contribution in [-0.4, -0.2) is 45.2 Å².